The van der Waals surface area contributed by atoms with Crippen LogP contribution in [0, 0.1) is 0 Å². The van der Waals surface area contributed by atoms with E-state index in [2.05, 4.69) is 20.2 Å². The standard InChI is InChI=1S/C10H11N5/c11-8-5-12-4-3-7(8)10-13-9(14-15-10)6-1-2-6/h3-6H,1-2,11H2,(H,13,14,15). The summed E-state index contributed by atoms with van der Waals surface area (Å²) in [5, 5.41) is 7.12. The van der Waals surface area contributed by atoms with Crippen molar-refractivity contribution in [2.75, 3.05) is 5.73 Å². The number of anilines is 1. The van der Waals surface area contributed by atoms with Gasteiger partial charge in [-0.25, -0.2) is 4.98 Å². The summed E-state index contributed by atoms with van der Waals surface area (Å²) in [4.78, 5) is 8.36. The third-order valence-electron chi connectivity index (χ3n) is 2.56. The first-order valence-electron chi connectivity index (χ1n) is 4.97. The lowest BCUT2D eigenvalue weighted by molar-refractivity contribution is 0.935. The number of aromatic nitrogens is 4. The maximum absolute atomic E-state index is 5.80. The summed E-state index contributed by atoms with van der Waals surface area (Å²) in [6, 6.07) is 1.83. The second-order valence-corrected chi connectivity index (χ2v) is 3.78. The van der Waals surface area contributed by atoms with E-state index in [1.165, 1.54) is 12.8 Å². The van der Waals surface area contributed by atoms with Gasteiger partial charge in [-0.3, -0.25) is 10.1 Å². The van der Waals surface area contributed by atoms with Crippen LogP contribution in [0.25, 0.3) is 11.4 Å². The van der Waals surface area contributed by atoms with Crippen LogP contribution < -0.4 is 5.73 Å². The number of aromatic amines is 1. The maximum atomic E-state index is 5.80. The predicted molar refractivity (Wildman–Crippen MR) is 56.0 cm³/mol. The summed E-state index contributed by atoms with van der Waals surface area (Å²) in [6.07, 6.45) is 5.72. The molecule has 2 aromatic rings. The number of hydrogen-bond acceptors (Lipinski definition) is 4. The van der Waals surface area contributed by atoms with Gasteiger partial charge in [-0.2, -0.15) is 5.10 Å². The zero-order chi connectivity index (χ0) is 10.3. The molecule has 0 amide bonds. The molecular weight excluding hydrogens is 190 g/mol. The second-order valence-electron chi connectivity index (χ2n) is 3.78. The molecule has 0 aromatic carbocycles. The Balaban J connectivity index is 2.01. The van der Waals surface area contributed by atoms with Gasteiger partial charge in [-0.1, -0.05) is 0 Å². The molecule has 5 nitrogen and oxygen atoms in total. The highest BCUT2D eigenvalue weighted by Crippen LogP contribution is 2.38. The molecular formula is C10H11N5. The number of hydrogen-bond donors (Lipinski definition) is 2. The number of nitrogens with two attached hydrogens (primary N) is 1. The van der Waals surface area contributed by atoms with Crippen molar-refractivity contribution in [1.82, 2.24) is 20.2 Å². The van der Waals surface area contributed by atoms with Crippen LogP contribution in [0.4, 0.5) is 5.69 Å². The molecule has 0 aliphatic heterocycles. The predicted octanol–water partition coefficient (Wildman–Crippen LogP) is 1.33. The molecule has 0 bridgehead atoms. The molecule has 1 saturated carbocycles. The molecule has 3 rings (SSSR count). The Kier molecular flexibility index (Phi) is 1.71. The molecule has 0 spiro atoms. The molecule has 0 unspecified atom stereocenters. The molecule has 0 radical (unpaired) electrons. The van der Waals surface area contributed by atoms with Gasteiger partial charge in [-0.15, -0.1) is 0 Å². The van der Waals surface area contributed by atoms with Crippen LogP contribution in [0.2, 0.25) is 0 Å². The van der Waals surface area contributed by atoms with E-state index in [1.807, 2.05) is 6.07 Å². The summed E-state index contributed by atoms with van der Waals surface area (Å²) >= 11 is 0. The van der Waals surface area contributed by atoms with Crippen LogP contribution in [0.15, 0.2) is 18.5 Å². The number of pyridine rings is 1. The monoisotopic (exact) mass is 201 g/mol. The van der Waals surface area contributed by atoms with E-state index >= 15 is 0 Å². The van der Waals surface area contributed by atoms with Crippen LogP contribution in [-0.4, -0.2) is 20.2 Å². The van der Waals surface area contributed by atoms with Gasteiger partial charge in [0.05, 0.1) is 11.9 Å². The largest absolute Gasteiger partial charge is 0.397 e. The molecule has 76 valence electrons. The minimum absolute atomic E-state index is 0.578. The van der Waals surface area contributed by atoms with E-state index in [1.54, 1.807) is 12.4 Å². The third kappa shape index (κ3) is 1.45. The van der Waals surface area contributed by atoms with Gasteiger partial charge in [0.25, 0.3) is 0 Å². The van der Waals surface area contributed by atoms with Gasteiger partial charge < -0.3 is 5.73 Å². The third-order valence-corrected chi connectivity index (χ3v) is 2.56. The van der Waals surface area contributed by atoms with Crippen molar-refractivity contribution in [1.29, 1.82) is 0 Å². The number of rotatable bonds is 2. The number of H-pyrrole nitrogens is 1. The Hall–Kier alpha value is -1.91. The fourth-order valence-corrected chi connectivity index (χ4v) is 1.54. The van der Waals surface area contributed by atoms with Crippen LogP contribution in [-0.2, 0) is 0 Å². The van der Waals surface area contributed by atoms with E-state index < -0.39 is 0 Å². The number of nitrogens with one attached hydrogen (secondary N) is 1. The average molecular weight is 201 g/mol. The van der Waals surface area contributed by atoms with Gasteiger partial charge in [0.1, 0.15) is 5.82 Å². The Labute approximate surface area is 86.8 Å². The molecule has 1 aliphatic carbocycles. The summed E-state index contributed by atoms with van der Waals surface area (Å²) in [5.74, 6) is 2.22. The lowest BCUT2D eigenvalue weighted by Gasteiger charge is -1.97. The number of nitrogens with zero attached hydrogens (tertiary/aromatic N) is 3. The van der Waals surface area contributed by atoms with Crippen LogP contribution in [0.1, 0.15) is 24.6 Å². The zero-order valence-electron chi connectivity index (χ0n) is 8.14. The Morgan fingerprint density at radius 1 is 1.40 bits per heavy atom. The molecule has 3 N–H and O–H groups in total. The molecule has 0 saturated heterocycles. The average Bonchev–Trinajstić information content (AvgIpc) is 2.99. The SMILES string of the molecule is Nc1cnccc1-c1n[nH]c(C2CC2)n1. The zero-order valence-corrected chi connectivity index (χ0v) is 8.14. The van der Waals surface area contributed by atoms with Crippen molar-refractivity contribution in [3.05, 3.63) is 24.3 Å². The van der Waals surface area contributed by atoms with Gasteiger partial charge in [0.2, 0.25) is 0 Å². The van der Waals surface area contributed by atoms with Crippen molar-refractivity contribution in [2.45, 2.75) is 18.8 Å². The van der Waals surface area contributed by atoms with E-state index in [0.717, 1.165) is 11.4 Å². The fraction of sp³-hybridized carbons (Fsp3) is 0.300. The first-order chi connectivity index (χ1) is 7.34. The highest BCUT2D eigenvalue weighted by Gasteiger charge is 2.27. The lowest BCUT2D eigenvalue weighted by Crippen LogP contribution is -1.92. The van der Waals surface area contributed by atoms with Gasteiger partial charge in [0, 0.05) is 17.7 Å². The summed E-state index contributed by atoms with van der Waals surface area (Å²) in [5.41, 5.74) is 7.25. The van der Waals surface area contributed by atoms with Gasteiger partial charge >= 0.3 is 0 Å². The minimum Gasteiger partial charge on any atom is -0.397 e. The summed E-state index contributed by atoms with van der Waals surface area (Å²) in [7, 11) is 0. The van der Waals surface area contributed by atoms with E-state index in [0.29, 0.717) is 17.4 Å². The highest BCUT2D eigenvalue weighted by atomic mass is 15.2. The highest BCUT2D eigenvalue weighted by molar-refractivity contribution is 5.69. The normalized spacial score (nSPS) is 15.5. The topological polar surface area (TPSA) is 80.5 Å². The summed E-state index contributed by atoms with van der Waals surface area (Å²) < 4.78 is 0. The first kappa shape index (κ1) is 8.40. The first-order valence-corrected chi connectivity index (χ1v) is 4.97. The van der Waals surface area contributed by atoms with Crippen molar-refractivity contribution >= 4 is 5.69 Å². The number of nitrogen functional groups attached to an aromatic ring is 1. The van der Waals surface area contributed by atoms with Gasteiger partial charge in [0.15, 0.2) is 5.82 Å². The smallest absolute Gasteiger partial charge is 0.183 e. The van der Waals surface area contributed by atoms with E-state index in [9.17, 15) is 0 Å². The van der Waals surface area contributed by atoms with E-state index in [4.69, 9.17) is 5.73 Å². The molecule has 15 heavy (non-hydrogen) atoms. The molecule has 0 atom stereocenters. The van der Waals surface area contributed by atoms with Crippen molar-refractivity contribution < 1.29 is 0 Å². The Bertz CT molecular complexity index is 486. The molecule has 1 fully saturated rings. The Morgan fingerprint density at radius 3 is 3.00 bits per heavy atom. The van der Waals surface area contributed by atoms with Crippen LogP contribution in [0.5, 0.6) is 0 Å². The molecule has 2 heterocycles. The van der Waals surface area contributed by atoms with Crippen LogP contribution >= 0.6 is 0 Å². The molecule has 5 heteroatoms. The second kappa shape index (κ2) is 3.05. The minimum atomic E-state index is 0.578. The van der Waals surface area contributed by atoms with E-state index in [-0.39, 0.29) is 0 Å². The van der Waals surface area contributed by atoms with Crippen molar-refractivity contribution in [2.24, 2.45) is 0 Å². The summed E-state index contributed by atoms with van der Waals surface area (Å²) in [6.45, 7) is 0. The molecule has 1 aliphatic rings. The van der Waals surface area contributed by atoms with Crippen molar-refractivity contribution in [3.63, 3.8) is 0 Å². The Morgan fingerprint density at radius 2 is 2.27 bits per heavy atom. The fourth-order valence-electron chi connectivity index (χ4n) is 1.54. The van der Waals surface area contributed by atoms with Crippen molar-refractivity contribution in [3.8, 4) is 11.4 Å². The lowest BCUT2D eigenvalue weighted by atomic mass is 10.2. The molecule has 2 aromatic heterocycles. The van der Waals surface area contributed by atoms with Gasteiger partial charge in [-0.05, 0) is 18.9 Å². The van der Waals surface area contributed by atoms with Crippen LogP contribution in [0.3, 0.4) is 0 Å². The quantitative estimate of drug-likeness (QED) is 0.768. The maximum Gasteiger partial charge on any atom is 0.183 e.